The van der Waals surface area contributed by atoms with Crippen LogP contribution in [0.15, 0.2) is 0 Å². The van der Waals surface area contributed by atoms with Gasteiger partial charge in [-0.1, -0.05) is 0 Å². The van der Waals surface area contributed by atoms with Crippen molar-refractivity contribution in [2.75, 3.05) is 20.6 Å². The van der Waals surface area contributed by atoms with Crippen molar-refractivity contribution in [2.45, 2.75) is 12.5 Å². The molecular formula is C6H11F4N3O. The first-order chi connectivity index (χ1) is 6.21. The van der Waals surface area contributed by atoms with E-state index in [1.54, 1.807) is 0 Å². The van der Waals surface area contributed by atoms with Crippen LogP contribution < -0.4 is 0 Å². The lowest BCUT2D eigenvalue weighted by molar-refractivity contribution is -0.260. The predicted molar refractivity (Wildman–Crippen MR) is 40.1 cm³/mol. The van der Waals surface area contributed by atoms with E-state index in [2.05, 4.69) is 0 Å². The topological polar surface area (TPSA) is 26.8 Å². The van der Waals surface area contributed by atoms with E-state index in [-0.39, 0.29) is 0 Å². The van der Waals surface area contributed by atoms with E-state index in [1.165, 1.54) is 14.1 Å². The van der Waals surface area contributed by atoms with Crippen molar-refractivity contribution in [1.29, 1.82) is 0 Å². The van der Waals surface area contributed by atoms with E-state index in [0.29, 0.717) is 0 Å². The molecule has 4 nitrogen and oxygen atoms in total. The van der Waals surface area contributed by atoms with E-state index < -0.39 is 28.7 Å². The van der Waals surface area contributed by atoms with Crippen LogP contribution in [0.1, 0.15) is 6.92 Å². The Morgan fingerprint density at radius 2 is 1.64 bits per heavy atom. The summed E-state index contributed by atoms with van der Waals surface area (Å²) in [6.07, 6.45) is 0. The van der Waals surface area contributed by atoms with Gasteiger partial charge in [-0.2, -0.15) is 0 Å². The molecule has 0 saturated carbocycles. The quantitative estimate of drug-likeness (QED) is 0.518. The molecule has 1 amide bonds. The van der Waals surface area contributed by atoms with Crippen LogP contribution >= 0.6 is 0 Å². The molecule has 14 heavy (non-hydrogen) atoms. The molecule has 0 unspecified atom stereocenters. The highest BCUT2D eigenvalue weighted by atomic mass is 19.4. The third kappa shape index (κ3) is 2.81. The highest BCUT2D eigenvalue weighted by molar-refractivity contribution is 5.85. The zero-order chi connectivity index (χ0) is 11.5. The molecule has 1 atom stereocenters. The van der Waals surface area contributed by atoms with Gasteiger partial charge in [-0.25, -0.2) is 0 Å². The highest BCUT2D eigenvalue weighted by Crippen LogP contribution is 2.20. The van der Waals surface area contributed by atoms with Crippen molar-refractivity contribution in [1.82, 2.24) is 15.6 Å². The fraction of sp³-hybridized carbons (Fsp3) is 0.833. The van der Waals surface area contributed by atoms with Gasteiger partial charge in [0.05, 0.1) is 6.54 Å². The minimum Gasteiger partial charge on any atom is -0.347 e. The average Bonchev–Trinajstić information content (AvgIpc) is 2.00. The molecule has 0 rings (SSSR count). The van der Waals surface area contributed by atoms with Crippen LogP contribution in [0.3, 0.4) is 0 Å². The molecule has 0 aliphatic carbocycles. The number of amides is 1. The maximum Gasteiger partial charge on any atom is 0.249 e. The Labute approximate surface area is 78.4 Å². The summed E-state index contributed by atoms with van der Waals surface area (Å²) in [4.78, 5) is 12.0. The number of hydrogen-bond donors (Lipinski definition) is 0. The number of halogens is 4. The SMILES string of the molecule is CN(C)C(=O)[C@@](C)(CN(F)F)N(F)F. The predicted octanol–water partition coefficient (Wildman–Crippen LogP) is 0.975. The fourth-order valence-corrected chi connectivity index (χ4v) is 0.908. The summed E-state index contributed by atoms with van der Waals surface area (Å²) in [7, 11) is 2.43. The van der Waals surface area contributed by atoms with E-state index >= 15 is 0 Å². The second-order valence-corrected chi connectivity index (χ2v) is 3.17. The number of carbonyl (C=O) groups is 1. The molecule has 0 aliphatic rings. The first-order valence-corrected chi connectivity index (χ1v) is 3.64. The van der Waals surface area contributed by atoms with Gasteiger partial charge < -0.3 is 4.90 Å². The summed E-state index contributed by atoms with van der Waals surface area (Å²) in [5.74, 6) is -1.09. The lowest BCUT2D eigenvalue weighted by Crippen LogP contribution is -2.55. The second-order valence-electron chi connectivity index (χ2n) is 3.17. The Morgan fingerprint density at radius 1 is 1.21 bits per heavy atom. The van der Waals surface area contributed by atoms with E-state index in [1.807, 2.05) is 0 Å². The van der Waals surface area contributed by atoms with E-state index in [0.717, 1.165) is 11.8 Å². The van der Waals surface area contributed by atoms with Gasteiger partial charge in [0.25, 0.3) is 0 Å². The summed E-state index contributed by atoms with van der Waals surface area (Å²) >= 11 is 0. The lowest BCUT2D eigenvalue weighted by Gasteiger charge is -2.29. The van der Waals surface area contributed by atoms with Gasteiger partial charge in [-0.05, 0) is 6.92 Å². The van der Waals surface area contributed by atoms with Crippen molar-refractivity contribution in [3.8, 4) is 0 Å². The van der Waals surface area contributed by atoms with Crippen molar-refractivity contribution in [3.05, 3.63) is 0 Å². The Morgan fingerprint density at radius 3 is 1.86 bits per heavy atom. The third-order valence-electron chi connectivity index (χ3n) is 1.67. The second kappa shape index (κ2) is 4.56. The third-order valence-corrected chi connectivity index (χ3v) is 1.67. The van der Waals surface area contributed by atoms with Crippen molar-refractivity contribution in [2.24, 2.45) is 0 Å². The number of hydrogen-bond acceptors (Lipinski definition) is 3. The minimum atomic E-state index is -2.53. The Bertz CT molecular complexity index is 211. The van der Waals surface area contributed by atoms with Gasteiger partial charge in [0.2, 0.25) is 5.91 Å². The molecule has 0 fully saturated rings. The number of nitrogens with zero attached hydrogens (tertiary/aromatic N) is 3. The molecule has 0 aromatic carbocycles. The van der Waals surface area contributed by atoms with Crippen molar-refractivity contribution < 1.29 is 22.7 Å². The van der Waals surface area contributed by atoms with Crippen LogP contribution in [-0.4, -0.2) is 47.7 Å². The van der Waals surface area contributed by atoms with Crippen LogP contribution in [0.25, 0.3) is 0 Å². The largest absolute Gasteiger partial charge is 0.347 e. The first-order valence-electron chi connectivity index (χ1n) is 3.64. The van der Waals surface area contributed by atoms with Crippen LogP contribution in [0.4, 0.5) is 17.9 Å². The molecule has 0 aromatic rings. The van der Waals surface area contributed by atoms with Crippen LogP contribution in [0, 0.1) is 0 Å². The molecule has 0 aliphatic heterocycles. The van der Waals surface area contributed by atoms with E-state index in [4.69, 9.17) is 0 Å². The summed E-state index contributed by atoms with van der Waals surface area (Å²) in [6, 6.07) is 0. The number of carbonyl (C=O) groups excluding carboxylic acids is 1. The molecule has 0 radical (unpaired) electrons. The maximum atomic E-state index is 12.3. The normalized spacial score (nSPS) is 15.8. The first kappa shape index (κ1) is 13.1. The molecule has 0 N–H and O–H groups in total. The molecule has 0 aromatic heterocycles. The smallest absolute Gasteiger partial charge is 0.249 e. The average molecular weight is 217 g/mol. The zero-order valence-electron chi connectivity index (χ0n) is 7.97. The van der Waals surface area contributed by atoms with Gasteiger partial charge in [-0.15, -0.1) is 17.9 Å². The minimum absolute atomic E-state index is 0.738. The Balaban J connectivity index is 4.80. The molecule has 0 saturated heterocycles. The van der Waals surface area contributed by atoms with Gasteiger partial charge in [0, 0.05) is 24.8 Å². The number of likely N-dealkylation sites (N-methyl/N-ethyl adjacent to an activating group) is 1. The zero-order valence-corrected chi connectivity index (χ0v) is 7.97. The summed E-state index contributed by atoms with van der Waals surface area (Å²) in [6.45, 7) is -0.626. The van der Waals surface area contributed by atoms with Gasteiger partial charge in [0.15, 0.2) is 5.54 Å². The molecule has 0 heterocycles. The highest BCUT2D eigenvalue weighted by Gasteiger charge is 2.45. The fourth-order valence-electron chi connectivity index (χ4n) is 0.908. The molecule has 84 valence electrons. The Hall–Kier alpha value is -0.890. The Kier molecular flexibility index (Phi) is 4.27. The van der Waals surface area contributed by atoms with Crippen LogP contribution in [-0.2, 0) is 4.79 Å². The standard InChI is InChI=1S/C6H11F4N3O/c1-6(13(9)10,4-12(7)8)5(14)11(2)3/h4H2,1-3H3/t6-/m1/s1. The van der Waals surface area contributed by atoms with Crippen molar-refractivity contribution in [3.63, 3.8) is 0 Å². The van der Waals surface area contributed by atoms with Crippen LogP contribution in [0.5, 0.6) is 0 Å². The molecule has 0 bridgehead atoms. The van der Waals surface area contributed by atoms with Crippen molar-refractivity contribution >= 4 is 5.91 Å². The maximum absolute atomic E-state index is 12.3. The molecule has 0 spiro atoms. The summed E-state index contributed by atoms with van der Waals surface area (Å²) in [5.41, 5.74) is -2.53. The summed E-state index contributed by atoms with van der Waals surface area (Å²) < 4.78 is 48.2. The number of rotatable bonds is 4. The van der Waals surface area contributed by atoms with E-state index in [9.17, 15) is 22.7 Å². The lowest BCUT2D eigenvalue weighted by atomic mass is 10.0. The summed E-state index contributed by atoms with van der Waals surface area (Å²) in [5, 5.41) is -2.96. The van der Waals surface area contributed by atoms with Crippen LogP contribution in [0.2, 0.25) is 0 Å². The van der Waals surface area contributed by atoms with Gasteiger partial charge in [0.1, 0.15) is 0 Å². The molecule has 8 heteroatoms. The van der Waals surface area contributed by atoms with Gasteiger partial charge in [-0.3, -0.25) is 4.79 Å². The monoisotopic (exact) mass is 217 g/mol. The molecular weight excluding hydrogens is 206 g/mol. The van der Waals surface area contributed by atoms with Gasteiger partial charge >= 0.3 is 0 Å².